The van der Waals surface area contributed by atoms with E-state index in [2.05, 4.69) is 5.32 Å². The standard InChI is InChI=1S/C16H18N2O6S/c1-18(2)25(22,23)14-9-13(10-24-14)15(19)17-8-7-11-3-5-12(6-4-11)16(20)21/h3-6,9-10H,7-8H2,1-2H3,(H,17,19)(H,20,21). The quantitative estimate of drug-likeness (QED) is 0.760. The maximum absolute atomic E-state index is 12.0. The number of carboxylic acid groups (broad SMARTS) is 1. The van der Waals surface area contributed by atoms with E-state index in [0.29, 0.717) is 13.0 Å². The van der Waals surface area contributed by atoms with Crippen molar-refractivity contribution in [2.45, 2.75) is 11.5 Å². The molecule has 25 heavy (non-hydrogen) atoms. The number of nitrogens with zero attached hydrogens (tertiary/aromatic N) is 1. The lowest BCUT2D eigenvalue weighted by Crippen LogP contribution is -2.25. The summed E-state index contributed by atoms with van der Waals surface area (Å²) in [6.07, 6.45) is 1.60. The average Bonchev–Trinajstić information content (AvgIpc) is 3.06. The first-order valence-corrected chi connectivity index (χ1v) is 8.77. The van der Waals surface area contributed by atoms with Gasteiger partial charge in [-0.15, -0.1) is 0 Å². The number of nitrogens with one attached hydrogen (secondary N) is 1. The van der Waals surface area contributed by atoms with E-state index in [9.17, 15) is 18.0 Å². The summed E-state index contributed by atoms with van der Waals surface area (Å²) in [6, 6.07) is 7.51. The molecule has 1 amide bonds. The largest absolute Gasteiger partial charge is 0.478 e. The van der Waals surface area contributed by atoms with Crippen molar-refractivity contribution in [2.75, 3.05) is 20.6 Å². The van der Waals surface area contributed by atoms with Crippen LogP contribution < -0.4 is 5.32 Å². The van der Waals surface area contributed by atoms with Crippen LogP contribution in [0.5, 0.6) is 0 Å². The number of carboxylic acids is 1. The molecule has 1 aromatic carbocycles. The molecule has 0 saturated heterocycles. The fourth-order valence-electron chi connectivity index (χ4n) is 1.99. The van der Waals surface area contributed by atoms with Gasteiger partial charge < -0.3 is 14.8 Å². The maximum atomic E-state index is 12.0. The molecule has 0 aliphatic rings. The topological polar surface area (TPSA) is 117 Å². The molecule has 1 heterocycles. The van der Waals surface area contributed by atoms with Crippen molar-refractivity contribution >= 4 is 21.9 Å². The molecule has 0 aliphatic carbocycles. The van der Waals surface area contributed by atoms with E-state index < -0.39 is 21.9 Å². The Labute approximate surface area is 145 Å². The fraction of sp³-hybridized carbons (Fsp3) is 0.250. The molecule has 0 bridgehead atoms. The summed E-state index contributed by atoms with van der Waals surface area (Å²) < 4.78 is 29.8. The van der Waals surface area contributed by atoms with Gasteiger partial charge in [0.1, 0.15) is 6.26 Å². The van der Waals surface area contributed by atoms with Crippen LogP contribution in [0.25, 0.3) is 0 Å². The Morgan fingerprint density at radius 1 is 1.16 bits per heavy atom. The van der Waals surface area contributed by atoms with Crippen molar-refractivity contribution in [1.29, 1.82) is 0 Å². The van der Waals surface area contributed by atoms with Crippen LogP contribution >= 0.6 is 0 Å². The Hall–Kier alpha value is -2.65. The highest BCUT2D eigenvalue weighted by Crippen LogP contribution is 2.16. The number of benzene rings is 1. The number of amides is 1. The lowest BCUT2D eigenvalue weighted by atomic mass is 10.1. The first-order chi connectivity index (χ1) is 11.7. The summed E-state index contributed by atoms with van der Waals surface area (Å²) in [6.45, 7) is 0.312. The Kier molecular flexibility index (Phi) is 5.60. The fourth-order valence-corrected chi connectivity index (χ4v) is 2.79. The molecule has 134 valence electrons. The van der Waals surface area contributed by atoms with Crippen LogP contribution in [-0.2, 0) is 16.4 Å². The molecule has 0 saturated carbocycles. The number of sulfonamides is 1. The molecule has 0 radical (unpaired) electrons. The molecule has 0 aliphatic heterocycles. The third-order valence-electron chi connectivity index (χ3n) is 3.47. The van der Waals surface area contributed by atoms with Crippen molar-refractivity contribution in [2.24, 2.45) is 0 Å². The Morgan fingerprint density at radius 2 is 1.80 bits per heavy atom. The number of furan rings is 1. The van der Waals surface area contributed by atoms with Crippen molar-refractivity contribution in [1.82, 2.24) is 9.62 Å². The first-order valence-electron chi connectivity index (χ1n) is 7.33. The molecule has 0 atom stereocenters. The van der Waals surface area contributed by atoms with Crippen LogP contribution in [-0.4, -0.2) is 50.3 Å². The van der Waals surface area contributed by atoms with Crippen LogP contribution in [0.15, 0.2) is 46.1 Å². The van der Waals surface area contributed by atoms with Crippen LogP contribution in [0.1, 0.15) is 26.3 Å². The minimum atomic E-state index is -3.73. The van der Waals surface area contributed by atoms with Crippen molar-refractivity contribution in [3.63, 3.8) is 0 Å². The SMILES string of the molecule is CN(C)S(=O)(=O)c1cc(C(=O)NCCc2ccc(C(=O)O)cc2)co1. The number of hydrogen-bond donors (Lipinski definition) is 2. The van der Waals surface area contributed by atoms with Gasteiger partial charge in [0.05, 0.1) is 11.1 Å². The summed E-state index contributed by atoms with van der Waals surface area (Å²) >= 11 is 0. The second-order valence-corrected chi connectivity index (χ2v) is 7.53. The van der Waals surface area contributed by atoms with E-state index >= 15 is 0 Å². The second kappa shape index (κ2) is 7.49. The molecule has 1 aromatic heterocycles. The zero-order valence-corrected chi connectivity index (χ0v) is 14.5. The lowest BCUT2D eigenvalue weighted by Gasteiger charge is -2.07. The highest BCUT2D eigenvalue weighted by molar-refractivity contribution is 7.88. The predicted molar refractivity (Wildman–Crippen MR) is 89.0 cm³/mol. The predicted octanol–water partition coefficient (Wildman–Crippen LogP) is 1.20. The van der Waals surface area contributed by atoms with Crippen molar-refractivity contribution < 1.29 is 27.5 Å². The van der Waals surface area contributed by atoms with E-state index in [-0.39, 0.29) is 16.2 Å². The number of carbonyl (C=O) groups excluding carboxylic acids is 1. The minimum absolute atomic E-state index is 0.113. The van der Waals surface area contributed by atoms with Crippen LogP contribution in [0.3, 0.4) is 0 Å². The number of carbonyl (C=O) groups is 2. The number of hydrogen-bond acceptors (Lipinski definition) is 5. The highest BCUT2D eigenvalue weighted by Gasteiger charge is 2.23. The summed E-state index contributed by atoms with van der Waals surface area (Å²) in [7, 11) is -0.989. The van der Waals surface area contributed by atoms with E-state index in [1.807, 2.05) is 0 Å². The van der Waals surface area contributed by atoms with Crippen molar-refractivity contribution in [3.05, 3.63) is 53.3 Å². The summed E-state index contributed by atoms with van der Waals surface area (Å²) in [5, 5.41) is 11.2. The molecular formula is C16H18N2O6S. The zero-order valence-electron chi connectivity index (χ0n) is 13.7. The number of rotatable bonds is 7. The average molecular weight is 366 g/mol. The van der Waals surface area contributed by atoms with Gasteiger partial charge in [0.2, 0.25) is 5.09 Å². The van der Waals surface area contributed by atoms with E-state index in [4.69, 9.17) is 9.52 Å². The van der Waals surface area contributed by atoms with Gasteiger partial charge in [0.15, 0.2) is 0 Å². The van der Waals surface area contributed by atoms with Gasteiger partial charge in [0, 0.05) is 26.7 Å². The Balaban J connectivity index is 1.93. The second-order valence-electron chi connectivity index (χ2n) is 5.45. The Morgan fingerprint density at radius 3 is 2.36 bits per heavy atom. The number of aromatic carboxylic acids is 1. The van der Waals surface area contributed by atoms with Gasteiger partial charge >= 0.3 is 5.97 Å². The minimum Gasteiger partial charge on any atom is -0.478 e. The van der Waals surface area contributed by atoms with Gasteiger partial charge in [-0.1, -0.05) is 12.1 Å². The van der Waals surface area contributed by atoms with E-state index in [1.165, 1.54) is 32.3 Å². The van der Waals surface area contributed by atoms with E-state index in [1.54, 1.807) is 12.1 Å². The summed E-state index contributed by atoms with van der Waals surface area (Å²) in [4.78, 5) is 22.8. The van der Waals surface area contributed by atoms with E-state index in [0.717, 1.165) is 16.1 Å². The van der Waals surface area contributed by atoms with Gasteiger partial charge in [-0.25, -0.2) is 17.5 Å². The van der Waals surface area contributed by atoms with Crippen LogP contribution in [0, 0.1) is 0 Å². The first kappa shape index (κ1) is 18.7. The smallest absolute Gasteiger partial charge is 0.335 e. The molecule has 2 rings (SSSR count). The monoisotopic (exact) mass is 366 g/mol. The summed E-state index contributed by atoms with van der Waals surface area (Å²) in [5.74, 6) is -1.45. The molecule has 2 N–H and O–H groups in total. The molecule has 8 nitrogen and oxygen atoms in total. The highest BCUT2D eigenvalue weighted by atomic mass is 32.2. The Bertz CT molecular complexity index is 868. The third kappa shape index (κ3) is 4.46. The molecule has 0 spiro atoms. The third-order valence-corrected chi connectivity index (χ3v) is 5.16. The van der Waals surface area contributed by atoms with Gasteiger partial charge in [-0.05, 0) is 24.1 Å². The normalized spacial score (nSPS) is 11.5. The van der Waals surface area contributed by atoms with Gasteiger partial charge in [0.25, 0.3) is 15.9 Å². The van der Waals surface area contributed by atoms with Crippen molar-refractivity contribution in [3.8, 4) is 0 Å². The molecule has 0 unspecified atom stereocenters. The maximum Gasteiger partial charge on any atom is 0.335 e. The molecule has 9 heteroatoms. The molecule has 0 fully saturated rings. The van der Waals surface area contributed by atoms with Gasteiger partial charge in [-0.3, -0.25) is 4.79 Å². The zero-order chi connectivity index (χ0) is 18.6. The lowest BCUT2D eigenvalue weighted by molar-refractivity contribution is 0.0696. The molecule has 2 aromatic rings. The summed E-state index contributed by atoms with van der Waals surface area (Å²) in [5.41, 5.74) is 1.18. The molecular weight excluding hydrogens is 348 g/mol. The van der Waals surface area contributed by atoms with Crippen LogP contribution in [0.2, 0.25) is 0 Å². The van der Waals surface area contributed by atoms with Crippen LogP contribution in [0.4, 0.5) is 0 Å². The van der Waals surface area contributed by atoms with Gasteiger partial charge in [-0.2, -0.15) is 0 Å².